The highest BCUT2D eigenvalue weighted by Gasteiger charge is 2.27. The van der Waals surface area contributed by atoms with Gasteiger partial charge in [-0.05, 0) is 18.8 Å². The van der Waals surface area contributed by atoms with Gasteiger partial charge in [-0.1, -0.05) is 26.3 Å². The molecule has 0 aromatic carbocycles. The largest absolute Gasteiger partial charge is 0.235 e. The van der Waals surface area contributed by atoms with E-state index >= 15 is 0 Å². The Balaban J connectivity index is 2.69. The zero-order chi connectivity index (χ0) is 10.8. The Morgan fingerprint density at radius 2 is 2.07 bits per heavy atom. The summed E-state index contributed by atoms with van der Waals surface area (Å²) in [6, 6.07) is 0.168. The van der Waals surface area contributed by atoms with Crippen molar-refractivity contribution in [3.8, 4) is 0 Å². The minimum absolute atomic E-state index is 0.168. The third-order valence-electron chi connectivity index (χ3n) is 3.03. The molecule has 2 atom stereocenters. The van der Waals surface area contributed by atoms with Crippen LogP contribution in [-0.2, 0) is 10.0 Å². The van der Waals surface area contributed by atoms with Gasteiger partial charge >= 0.3 is 0 Å². The maximum atomic E-state index is 11.5. The van der Waals surface area contributed by atoms with Crippen molar-refractivity contribution in [3.05, 3.63) is 12.0 Å². The Morgan fingerprint density at radius 3 is 2.57 bits per heavy atom. The zero-order valence-electron chi connectivity index (χ0n) is 8.94. The van der Waals surface area contributed by atoms with E-state index in [0.29, 0.717) is 5.92 Å². The predicted molar refractivity (Wildman–Crippen MR) is 58.3 cm³/mol. The smallest absolute Gasteiger partial charge is 0.208 e. The minimum Gasteiger partial charge on any atom is -0.208 e. The molecular weight excluding hydrogens is 198 g/mol. The normalized spacial score (nSPS) is 29.1. The van der Waals surface area contributed by atoms with Crippen LogP contribution in [0.4, 0.5) is 0 Å². The van der Waals surface area contributed by atoms with E-state index < -0.39 is 10.0 Å². The summed E-state index contributed by atoms with van der Waals surface area (Å²) in [7, 11) is -1.57. The van der Waals surface area contributed by atoms with Crippen LogP contribution in [-0.4, -0.2) is 25.8 Å². The molecule has 0 aromatic rings. The lowest BCUT2D eigenvalue weighted by atomic mass is 9.87. The van der Waals surface area contributed by atoms with Crippen LogP contribution in [0.1, 0.15) is 32.6 Å². The second kappa shape index (κ2) is 4.45. The second-order valence-electron chi connectivity index (χ2n) is 4.15. The molecule has 1 aliphatic carbocycles. The van der Waals surface area contributed by atoms with Gasteiger partial charge in [0.1, 0.15) is 0 Å². The highest BCUT2D eigenvalue weighted by Crippen LogP contribution is 2.27. The van der Waals surface area contributed by atoms with Crippen LogP contribution in [0.3, 0.4) is 0 Å². The van der Waals surface area contributed by atoms with Crippen LogP contribution in [0.15, 0.2) is 12.0 Å². The first kappa shape index (κ1) is 11.7. The molecule has 0 N–H and O–H groups in total. The molecule has 3 nitrogen and oxygen atoms in total. The van der Waals surface area contributed by atoms with E-state index in [1.165, 1.54) is 10.7 Å². The van der Waals surface area contributed by atoms with Crippen molar-refractivity contribution in [2.45, 2.75) is 38.6 Å². The molecule has 0 bridgehead atoms. The summed E-state index contributed by atoms with van der Waals surface area (Å²) in [5.41, 5.74) is 0. The molecule has 0 aliphatic heterocycles. The van der Waals surface area contributed by atoms with Crippen molar-refractivity contribution in [1.82, 2.24) is 4.31 Å². The maximum Gasteiger partial charge on any atom is 0.235 e. The SMILES string of the molecule is C=CS(=O)(=O)N(C)C1CCCC(C)C1. The predicted octanol–water partition coefficient (Wildman–Crippen LogP) is 1.97. The van der Waals surface area contributed by atoms with E-state index in [1.807, 2.05) is 0 Å². The maximum absolute atomic E-state index is 11.5. The molecule has 1 saturated carbocycles. The highest BCUT2D eigenvalue weighted by molar-refractivity contribution is 7.92. The van der Waals surface area contributed by atoms with Gasteiger partial charge in [0.2, 0.25) is 10.0 Å². The van der Waals surface area contributed by atoms with E-state index in [4.69, 9.17) is 0 Å². The summed E-state index contributed by atoms with van der Waals surface area (Å²) in [6.07, 6.45) is 4.30. The molecule has 0 heterocycles. The van der Waals surface area contributed by atoms with E-state index in [-0.39, 0.29) is 6.04 Å². The van der Waals surface area contributed by atoms with Gasteiger partial charge in [0.05, 0.1) is 0 Å². The lowest BCUT2D eigenvalue weighted by Gasteiger charge is -2.32. The second-order valence-corrected chi connectivity index (χ2v) is 6.09. The zero-order valence-corrected chi connectivity index (χ0v) is 9.76. The van der Waals surface area contributed by atoms with Crippen molar-refractivity contribution in [2.24, 2.45) is 5.92 Å². The molecule has 0 radical (unpaired) electrons. The molecule has 1 aliphatic rings. The summed E-state index contributed by atoms with van der Waals surface area (Å²) < 4.78 is 24.5. The average molecular weight is 217 g/mol. The number of hydrogen-bond acceptors (Lipinski definition) is 2. The number of rotatable bonds is 3. The van der Waals surface area contributed by atoms with Crippen molar-refractivity contribution < 1.29 is 8.42 Å². The summed E-state index contributed by atoms with van der Waals surface area (Å²) in [5, 5.41) is 1.03. The molecule has 1 rings (SSSR count). The Hall–Kier alpha value is -0.350. The molecular formula is C10H19NO2S. The van der Waals surface area contributed by atoms with Gasteiger partial charge in [0, 0.05) is 18.5 Å². The van der Waals surface area contributed by atoms with Crippen molar-refractivity contribution in [1.29, 1.82) is 0 Å². The molecule has 82 valence electrons. The monoisotopic (exact) mass is 217 g/mol. The van der Waals surface area contributed by atoms with Gasteiger partial charge in [-0.25, -0.2) is 8.42 Å². The molecule has 1 fully saturated rings. The minimum atomic E-state index is -3.22. The van der Waals surface area contributed by atoms with Crippen LogP contribution < -0.4 is 0 Å². The lowest BCUT2D eigenvalue weighted by molar-refractivity contribution is 0.240. The van der Waals surface area contributed by atoms with E-state index in [1.54, 1.807) is 7.05 Å². The van der Waals surface area contributed by atoms with Gasteiger partial charge in [-0.2, -0.15) is 4.31 Å². The number of hydrogen-bond donors (Lipinski definition) is 0. The fraction of sp³-hybridized carbons (Fsp3) is 0.800. The van der Waals surface area contributed by atoms with Crippen molar-refractivity contribution in [2.75, 3.05) is 7.05 Å². The van der Waals surface area contributed by atoms with Gasteiger partial charge in [-0.15, -0.1) is 0 Å². The molecule has 0 spiro atoms. The number of nitrogens with zero attached hydrogens (tertiary/aromatic N) is 1. The summed E-state index contributed by atoms with van der Waals surface area (Å²) in [4.78, 5) is 0. The fourth-order valence-electron chi connectivity index (χ4n) is 2.06. The van der Waals surface area contributed by atoms with Crippen LogP contribution >= 0.6 is 0 Å². The first-order valence-electron chi connectivity index (χ1n) is 5.08. The average Bonchev–Trinajstić information content (AvgIpc) is 2.16. The summed E-state index contributed by atoms with van der Waals surface area (Å²) in [6.45, 7) is 5.52. The molecule has 14 heavy (non-hydrogen) atoms. The van der Waals surface area contributed by atoms with Crippen LogP contribution in [0, 0.1) is 5.92 Å². The first-order valence-corrected chi connectivity index (χ1v) is 6.58. The Morgan fingerprint density at radius 1 is 1.43 bits per heavy atom. The van der Waals surface area contributed by atoms with Gasteiger partial charge in [-0.3, -0.25) is 0 Å². The first-order chi connectivity index (χ1) is 6.47. The Bertz CT molecular complexity index is 297. The Kier molecular flexibility index (Phi) is 3.72. The number of sulfonamides is 1. The molecule has 0 aromatic heterocycles. The third kappa shape index (κ3) is 2.58. The quantitative estimate of drug-likeness (QED) is 0.725. The van der Waals surface area contributed by atoms with Gasteiger partial charge in [0.25, 0.3) is 0 Å². The van der Waals surface area contributed by atoms with Crippen molar-refractivity contribution in [3.63, 3.8) is 0 Å². The highest BCUT2D eigenvalue weighted by atomic mass is 32.2. The standard InChI is InChI=1S/C10H19NO2S/c1-4-14(12,13)11(3)10-7-5-6-9(2)8-10/h4,9-10H,1,5-8H2,2-3H3. The van der Waals surface area contributed by atoms with Crippen molar-refractivity contribution >= 4 is 10.0 Å². The van der Waals surface area contributed by atoms with Gasteiger partial charge < -0.3 is 0 Å². The lowest BCUT2D eigenvalue weighted by Crippen LogP contribution is -2.38. The van der Waals surface area contributed by atoms with Crippen LogP contribution in [0.5, 0.6) is 0 Å². The molecule has 2 unspecified atom stereocenters. The van der Waals surface area contributed by atoms with Crippen LogP contribution in [0.25, 0.3) is 0 Å². The molecule has 4 heteroatoms. The Labute approximate surface area is 86.8 Å². The summed E-state index contributed by atoms with van der Waals surface area (Å²) >= 11 is 0. The fourth-order valence-corrected chi connectivity index (χ4v) is 2.90. The summed E-state index contributed by atoms with van der Waals surface area (Å²) in [5.74, 6) is 0.635. The van der Waals surface area contributed by atoms with Gasteiger partial charge in [0.15, 0.2) is 0 Å². The third-order valence-corrected chi connectivity index (χ3v) is 4.56. The molecule has 0 amide bonds. The molecule has 0 saturated heterocycles. The van der Waals surface area contributed by atoms with E-state index in [9.17, 15) is 8.42 Å². The topological polar surface area (TPSA) is 37.4 Å². The van der Waals surface area contributed by atoms with E-state index in [0.717, 1.165) is 24.7 Å². The van der Waals surface area contributed by atoms with E-state index in [2.05, 4.69) is 13.5 Å². The van der Waals surface area contributed by atoms with Crippen LogP contribution in [0.2, 0.25) is 0 Å².